The van der Waals surface area contributed by atoms with Crippen LogP contribution in [0.2, 0.25) is 0 Å². The normalized spacial score (nSPS) is 17.5. The Labute approximate surface area is 419 Å². The lowest BCUT2D eigenvalue weighted by Crippen LogP contribution is -2.44. The molecule has 0 aliphatic carbocycles. The Kier molecular flexibility index (Phi) is 12.2. The minimum absolute atomic E-state index is 0.00722. The lowest BCUT2D eigenvalue weighted by molar-refractivity contribution is 0.0641. The summed E-state index contributed by atoms with van der Waals surface area (Å²) in [6.45, 7) is 0.743. The quantitative estimate of drug-likeness (QED) is 0.0533. The average molecular weight is 982 g/mol. The zero-order valence-electron chi connectivity index (χ0n) is 40.1. The van der Waals surface area contributed by atoms with Crippen molar-refractivity contribution in [3.63, 3.8) is 0 Å². The number of amidine groups is 2. The molecule has 7 aromatic rings. The number of imidazole rings is 2. The number of aromatic amines is 1. The van der Waals surface area contributed by atoms with Crippen molar-refractivity contribution in [2.24, 2.45) is 0 Å². The van der Waals surface area contributed by atoms with Gasteiger partial charge in [0.1, 0.15) is 58.7 Å². The molecule has 2 unspecified atom stereocenters. The SMILES string of the molecule is COc1cc(OC)cc(N2C(=N)C(=C3Nc4ccccc4N3)COCC2CCN2C(=O)c3cccc(COc4cc(OC)cc(N5C(=N)C(c6nc7ccccc7[nH]6)=C(O)C5CCn5ccnc5)c4)c3C2=O)c1. The molecule has 4 aliphatic rings. The van der Waals surface area contributed by atoms with Crippen LogP contribution in [0.3, 0.4) is 0 Å². The zero-order valence-corrected chi connectivity index (χ0v) is 40.1. The number of aliphatic hydroxyl groups excluding tert-OH is 1. The van der Waals surface area contributed by atoms with Crippen molar-refractivity contribution >= 4 is 62.8 Å². The Balaban J connectivity index is 0.843. The average Bonchev–Trinajstić information content (AvgIpc) is 4.25. The number of aryl methyl sites for hydroxylation is 1. The fourth-order valence-electron chi connectivity index (χ4n) is 9.91. The molecule has 6 N–H and O–H groups in total. The number of H-pyrrole nitrogens is 1. The molecule has 1 saturated heterocycles. The monoisotopic (exact) mass is 981 g/mol. The number of nitrogens with one attached hydrogen (secondary N) is 5. The van der Waals surface area contributed by atoms with Crippen LogP contribution in [0.4, 0.5) is 22.7 Å². The molecule has 19 heteroatoms. The predicted molar refractivity (Wildman–Crippen MR) is 275 cm³/mol. The summed E-state index contributed by atoms with van der Waals surface area (Å²) < 4.78 is 31.7. The van der Waals surface area contributed by atoms with Gasteiger partial charge in [0.2, 0.25) is 0 Å². The molecule has 11 rings (SSSR count). The highest BCUT2D eigenvalue weighted by molar-refractivity contribution is 6.31. The molecule has 2 atom stereocenters. The number of benzene rings is 5. The summed E-state index contributed by atoms with van der Waals surface area (Å²) in [6, 6.07) is 29.9. The largest absolute Gasteiger partial charge is 0.509 e. The van der Waals surface area contributed by atoms with E-state index in [1.165, 1.54) is 12.0 Å². The Morgan fingerprint density at radius 2 is 1.45 bits per heavy atom. The van der Waals surface area contributed by atoms with Gasteiger partial charge in [-0.25, -0.2) is 9.97 Å². The van der Waals surface area contributed by atoms with Gasteiger partial charge in [-0.2, -0.15) is 0 Å². The van der Waals surface area contributed by atoms with Crippen molar-refractivity contribution in [1.82, 2.24) is 24.4 Å². The van der Waals surface area contributed by atoms with Crippen LogP contribution in [-0.4, -0.2) is 106 Å². The first-order valence-electron chi connectivity index (χ1n) is 23.7. The van der Waals surface area contributed by atoms with Crippen molar-refractivity contribution in [2.45, 2.75) is 38.1 Å². The molecule has 19 nitrogen and oxygen atoms in total. The van der Waals surface area contributed by atoms with Crippen molar-refractivity contribution in [3.8, 4) is 23.0 Å². The minimum atomic E-state index is -0.663. The predicted octanol–water partition coefficient (Wildman–Crippen LogP) is 8.21. The number of amides is 2. The maximum atomic E-state index is 14.5. The Morgan fingerprint density at radius 3 is 2.15 bits per heavy atom. The first-order chi connectivity index (χ1) is 35.6. The number of carbonyl (C=O) groups excluding carboxylic acids is 2. The highest BCUT2D eigenvalue weighted by Gasteiger charge is 2.42. The third-order valence-corrected chi connectivity index (χ3v) is 13.6. The van der Waals surface area contributed by atoms with E-state index in [1.807, 2.05) is 76.3 Å². The number of imide groups is 1. The Hall–Kier alpha value is -9.10. The van der Waals surface area contributed by atoms with Crippen molar-refractivity contribution in [1.29, 1.82) is 10.8 Å². The summed E-state index contributed by atoms with van der Waals surface area (Å²) in [5.41, 5.74) is 6.21. The number of nitrogens with zero attached hydrogens (tertiary/aromatic N) is 6. The second-order valence-corrected chi connectivity index (χ2v) is 17.8. The van der Waals surface area contributed by atoms with Crippen molar-refractivity contribution in [3.05, 3.63) is 162 Å². The standard InChI is InChI=1S/C54H51N11O8/c1-69-35-21-33(22-36(25-35)70-2)64-32(28-72-29-40(49(64)55)51-58-41-11-4-5-12-42(41)59-51)15-19-63-53(67)39-10-8-9-31(46(39)54(63)68)27-73-38-24-34(23-37(26-38)71-3)65-45(16-18-62-20-17-57-30-62)48(66)47(50(65)56)52-60-43-13-6-7-14-44(43)61-52/h4-14,17,20-26,30,32,45,55-56,58-59,66H,15-16,18-19,27-29H2,1-3H3,(H,60,61). The van der Waals surface area contributed by atoms with Gasteiger partial charge in [-0.1, -0.05) is 36.4 Å². The molecule has 2 amide bonds. The minimum Gasteiger partial charge on any atom is -0.509 e. The number of carbonyl (C=O) groups is 2. The van der Waals surface area contributed by atoms with Crippen LogP contribution in [0.25, 0.3) is 16.6 Å². The Bertz CT molecular complexity index is 3320. The van der Waals surface area contributed by atoms with E-state index in [0.29, 0.717) is 75.6 Å². The maximum absolute atomic E-state index is 14.5. The summed E-state index contributed by atoms with van der Waals surface area (Å²) >= 11 is 0. The van der Waals surface area contributed by atoms with Gasteiger partial charge >= 0.3 is 0 Å². The van der Waals surface area contributed by atoms with Crippen LogP contribution < -0.4 is 39.4 Å². The molecule has 4 aliphatic heterocycles. The van der Waals surface area contributed by atoms with Crippen LogP contribution in [0, 0.1) is 10.8 Å². The molecule has 73 heavy (non-hydrogen) atoms. The van der Waals surface area contributed by atoms with Crippen LogP contribution in [-0.2, 0) is 17.9 Å². The molecule has 0 saturated carbocycles. The lowest BCUT2D eigenvalue weighted by atomic mass is 10.0. The van der Waals surface area contributed by atoms with Gasteiger partial charge in [0.25, 0.3) is 11.8 Å². The van der Waals surface area contributed by atoms with Gasteiger partial charge in [0, 0.05) is 67.4 Å². The van der Waals surface area contributed by atoms with Crippen molar-refractivity contribution in [2.75, 3.05) is 61.5 Å². The van der Waals surface area contributed by atoms with Gasteiger partial charge in [0.15, 0.2) is 0 Å². The molecule has 370 valence electrons. The summed E-state index contributed by atoms with van der Waals surface area (Å²) in [4.78, 5) is 45.7. The number of para-hydroxylation sites is 4. The fraction of sp³-hybridized carbons (Fsp3) is 0.222. The van der Waals surface area contributed by atoms with E-state index in [0.717, 1.165) is 16.9 Å². The summed E-state index contributed by atoms with van der Waals surface area (Å²) in [5, 5.41) is 37.9. The van der Waals surface area contributed by atoms with E-state index < -0.39 is 23.9 Å². The molecule has 1 fully saturated rings. The molecular formula is C54H51N11O8. The molecule has 0 spiro atoms. The second kappa shape index (κ2) is 19.2. The smallest absolute Gasteiger partial charge is 0.261 e. The third-order valence-electron chi connectivity index (χ3n) is 13.6. The van der Waals surface area contributed by atoms with E-state index >= 15 is 0 Å². The van der Waals surface area contributed by atoms with Crippen LogP contribution >= 0.6 is 0 Å². The van der Waals surface area contributed by atoms with E-state index in [-0.39, 0.29) is 66.9 Å². The number of aromatic nitrogens is 4. The number of ether oxygens (including phenoxy) is 5. The van der Waals surface area contributed by atoms with E-state index in [1.54, 1.807) is 74.1 Å². The van der Waals surface area contributed by atoms with Crippen molar-refractivity contribution < 1.29 is 38.4 Å². The highest BCUT2D eigenvalue weighted by atomic mass is 16.5. The molecule has 5 aromatic carbocycles. The lowest BCUT2D eigenvalue weighted by Gasteiger charge is -2.33. The fourth-order valence-corrected chi connectivity index (χ4v) is 9.91. The van der Waals surface area contributed by atoms with Crippen LogP contribution in [0.15, 0.2) is 139 Å². The molecule has 2 aromatic heterocycles. The van der Waals surface area contributed by atoms with E-state index in [4.69, 9.17) is 28.7 Å². The third kappa shape index (κ3) is 8.58. The van der Waals surface area contributed by atoms with E-state index in [2.05, 4.69) is 20.6 Å². The van der Waals surface area contributed by atoms with Crippen LogP contribution in [0.1, 0.15) is 44.9 Å². The van der Waals surface area contributed by atoms with Gasteiger partial charge in [-0.3, -0.25) is 25.3 Å². The van der Waals surface area contributed by atoms with E-state index in [9.17, 15) is 25.5 Å². The molecule has 0 radical (unpaired) electrons. The topological polar surface area (TPSA) is 228 Å². The Morgan fingerprint density at radius 1 is 0.767 bits per heavy atom. The van der Waals surface area contributed by atoms with Gasteiger partial charge in [-0.05, 0) is 43.2 Å². The number of aliphatic hydroxyl groups is 1. The molecule has 0 bridgehead atoms. The number of anilines is 4. The number of hydrogen-bond acceptors (Lipinski definition) is 14. The molecule has 6 heterocycles. The molecular weight excluding hydrogens is 931 g/mol. The zero-order chi connectivity index (χ0) is 50.3. The summed E-state index contributed by atoms with van der Waals surface area (Å²) in [6.07, 6.45) is 5.91. The van der Waals surface area contributed by atoms with Gasteiger partial charge in [0.05, 0.1) is 109 Å². The first-order valence-corrected chi connectivity index (χ1v) is 23.7. The van der Waals surface area contributed by atoms with Gasteiger partial charge in [-0.15, -0.1) is 0 Å². The van der Waals surface area contributed by atoms with Crippen LogP contribution in [0.5, 0.6) is 23.0 Å². The number of hydrogen-bond donors (Lipinski definition) is 6. The number of fused-ring (bicyclic) bond motifs is 3. The number of rotatable bonds is 15. The summed E-state index contributed by atoms with van der Waals surface area (Å²) in [7, 11) is 4.65. The second-order valence-electron chi connectivity index (χ2n) is 17.8. The first kappa shape index (κ1) is 46.3. The highest BCUT2D eigenvalue weighted by Crippen LogP contribution is 2.41. The number of methoxy groups -OCH3 is 3. The summed E-state index contributed by atoms with van der Waals surface area (Å²) in [5.74, 6) is 2.12. The maximum Gasteiger partial charge on any atom is 0.261 e. The van der Waals surface area contributed by atoms with Gasteiger partial charge < -0.3 is 58.8 Å².